The molecule has 0 saturated carbocycles. The Labute approximate surface area is 230 Å². The molecule has 1 saturated heterocycles. The normalized spacial score (nSPS) is 20.2. The monoisotopic (exact) mass is 544 g/mol. The van der Waals surface area contributed by atoms with Crippen molar-refractivity contribution in [1.82, 2.24) is 20.8 Å². The zero-order chi connectivity index (χ0) is 27.1. The average molecular weight is 545 g/mol. The Kier molecular flexibility index (Phi) is 6.50. The predicted molar refractivity (Wildman–Crippen MR) is 151 cm³/mol. The number of halogens is 1. The topological polar surface area (TPSA) is 125 Å². The summed E-state index contributed by atoms with van der Waals surface area (Å²) in [6.07, 6.45) is 0.306. The van der Waals surface area contributed by atoms with Crippen molar-refractivity contribution >= 4 is 46.0 Å². The molecule has 0 aliphatic carbocycles. The Bertz CT molecular complexity index is 1550. The van der Waals surface area contributed by atoms with E-state index in [1.54, 1.807) is 18.2 Å². The van der Waals surface area contributed by atoms with Crippen LogP contribution >= 0.6 is 11.6 Å². The molecule has 5 N–H and O–H groups in total. The van der Waals surface area contributed by atoms with E-state index in [0.29, 0.717) is 42.5 Å². The van der Waals surface area contributed by atoms with E-state index in [2.05, 4.69) is 20.8 Å². The molecule has 2 aliphatic rings. The van der Waals surface area contributed by atoms with Crippen molar-refractivity contribution in [2.24, 2.45) is 0 Å². The van der Waals surface area contributed by atoms with Crippen molar-refractivity contribution in [3.63, 3.8) is 0 Å². The second-order valence-corrected chi connectivity index (χ2v) is 10.6. The number of nitrogen functional groups attached to an aromatic ring is 1. The zero-order valence-corrected chi connectivity index (χ0v) is 22.2. The molecule has 0 bridgehead atoms. The number of nitrogens with zero attached hydrogens (tertiary/aromatic N) is 2. The largest absolute Gasteiger partial charge is 0.436 e. The maximum absolute atomic E-state index is 14.2. The number of imide groups is 1. The number of ether oxygens (including phenoxy) is 1. The molecule has 6 rings (SSSR count). The number of aromatic nitrogens is 2. The molecule has 0 radical (unpaired) electrons. The fraction of sp³-hybridized carbons (Fsp3) is 0.276. The van der Waals surface area contributed by atoms with Gasteiger partial charge in [0.05, 0.1) is 17.2 Å². The van der Waals surface area contributed by atoms with Crippen LogP contribution < -0.4 is 21.3 Å². The highest BCUT2D eigenvalue weighted by atomic mass is 35.5. The van der Waals surface area contributed by atoms with Crippen LogP contribution in [0.3, 0.4) is 0 Å². The molecule has 1 unspecified atom stereocenters. The lowest BCUT2D eigenvalue weighted by molar-refractivity contribution is -0.121. The molecule has 39 heavy (non-hydrogen) atoms. The van der Waals surface area contributed by atoms with Crippen LogP contribution in [-0.4, -0.2) is 41.3 Å². The van der Waals surface area contributed by atoms with Crippen molar-refractivity contribution in [3.05, 3.63) is 88.4 Å². The van der Waals surface area contributed by atoms with Crippen LogP contribution in [0.4, 0.5) is 16.3 Å². The Morgan fingerprint density at radius 3 is 2.79 bits per heavy atom. The van der Waals surface area contributed by atoms with Crippen LogP contribution in [0.2, 0.25) is 5.02 Å². The molecular weight excluding hydrogens is 516 g/mol. The lowest BCUT2D eigenvalue weighted by atomic mass is 9.89. The molecule has 1 aromatic heterocycles. The van der Waals surface area contributed by atoms with Gasteiger partial charge in [0.15, 0.2) is 11.4 Å². The van der Waals surface area contributed by atoms with E-state index >= 15 is 0 Å². The van der Waals surface area contributed by atoms with E-state index in [4.69, 9.17) is 22.1 Å². The van der Waals surface area contributed by atoms with Gasteiger partial charge in [-0.1, -0.05) is 48.0 Å². The molecule has 1 spiro atoms. The first-order chi connectivity index (χ1) is 18.8. The lowest BCUT2D eigenvalue weighted by Gasteiger charge is -2.40. The van der Waals surface area contributed by atoms with Crippen molar-refractivity contribution in [2.45, 2.75) is 37.5 Å². The summed E-state index contributed by atoms with van der Waals surface area (Å²) in [6.45, 7) is 3.15. The molecule has 4 aromatic rings. The van der Waals surface area contributed by atoms with Crippen LogP contribution in [0.1, 0.15) is 36.1 Å². The number of aromatic amines is 1. The fourth-order valence-electron chi connectivity index (χ4n) is 5.58. The number of nitrogens with one attached hydrogen (secondary N) is 3. The first-order valence-corrected chi connectivity index (χ1v) is 13.3. The summed E-state index contributed by atoms with van der Waals surface area (Å²) in [7, 11) is 0. The molecular formula is C29H29ClN6O3. The number of nitrogens with two attached hydrogens (primary N) is 1. The second-order valence-electron chi connectivity index (χ2n) is 10.2. The van der Waals surface area contributed by atoms with Gasteiger partial charge in [-0.25, -0.2) is 9.69 Å². The Morgan fingerprint density at radius 2 is 2.03 bits per heavy atom. The van der Waals surface area contributed by atoms with Gasteiger partial charge in [-0.3, -0.25) is 15.2 Å². The molecule has 3 atom stereocenters. The van der Waals surface area contributed by atoms with E-state index in [1.165, 1.54) is 0 Å². The standard InChI is InChI=1S/C29H29ClN6O3/c1-17(19-7-9-21-23(14-19)34-35-26(21)31)33-24(13-18-5-3-2-4-6-18)27(37)36-25-10-8-20(30)15-22(25)29(39-28(36)38)11-12-32-16-29/h2-10,14-15,17,24,32-33H,11-13,16H2,1H3,(H3,31,34,35)/t17?,24-,29-/m0/s1. The number of fused-ring (bicyclic) bond motifs is 3. The fourth-order valence-corrected chi connectivity index (χ4v) is 5.75. The zero-order valence-electron chi connectivity index (χ0n) is 21.4. The van der Waals surface area contributed by atoms with Crippen molar-refractivity contribution in [2.75, 3.05) is 23.7 Å². The number of carbonyl (C=O) groups is 2. The molecule has 2 amide bonds. The molecule has 2 aliphatic heterocycles. The minimum atomic E-state index is -0.842. The van der Waals surface area contributed by atoms with Gasteiger partial charge >= 0.3 is 6.09 Å². The van der Waals surface area contributed by atoms with Crippen molar-refractivity contribution in [1.29, 1.82) is 0 Å². The molecule has 10 heteroatoms. The average Bonchev–Trinajstić information content (AvgIpc) is 3.56. The highest BCUT2D eigenvalue weighted by Crippen LogP contribution is 2.44. The number of carbonyl (C=O) groups excluding carboxylic acids is 2. The number of benzene rings is 3. The van der Waals surface area contributed by atoms with Crippen LogP contribution in [-0.2, 0) is 21.6 Å². The number of rotatable bonds is 6. The Balaban J connectivity index is 1.35. The van der Waals surface area contributed by atoms with Crippen LogP contribution in [0, 0.1) is 0 Å². The van der Waals surface area contributed by atoms with E-state index in [-0.39, 0.29) is 6.04 Å². The summed E-state index contributed by atoms with van der Waals surface area (Å²) < 4.78 is 5.98. The SMILES string of the molecule is CC(N[C@@H](Cc1ccccc1)C(=O)N1C(=O)O[C@]2(CCNC2)c2cc(Cl)ccc21)c1ccc2c(N)n[nH]c2c1. The van der Waals surface area contributed by atoms with Gasteiger partial charge < -0.3 is 15.8 Å². The minimum Gasteiger partial charge on any atom is -0.436 e. The molecule has 1 fully saturated rings. The van der Waals surface area contributed by atoms with Crippen molar-refractivity contribution in [3.8, 4) is 0 Å². The van der Waals surface area contributed by atoms with Gasteiger partial charge in [-0.15, -0.1) is 0 Å². The summed E-state index contributed by atoms with van der Waals surface area (Å²) in [5.41, 5.74) is 9.05. The summed E-state index contributed by atoms with van der Waals surface area (Å²) >= 11 is 6.36. The maximum atomic E-state index is 14.2. The number of amides is 2. The van der Waals surface area contributed by atoms with Crippen LogP contribution in [0.5, 0.6) is 0 Å². The summed E-state index contributed by atoms with van der Waals surface area (Å²) in [5, 5.41) is 15.1. The van der Waals surface area contributed by atoms with Gasteiger partial charge in [0, 0.05) is 35.0 Å². The molecule has 200 valence electrons. The van der Waals surface area contributed by atoms with Gasteiger partial charge in [-0.2, -0.15) is 5.10 Å². The van der Waals surface area contributed by atoms with E-state index in [0.717, 1.165) is 32.5 Å². The second kappa shape index (κ2) is 10.00. The molecule has 9 nitrogen and oxygen atoms in total. The van der Waals surface area contributed by atoms with Gasteiger partial charge in [-0.05, 0) is 61.3 Å². The lowest BCUT2D eigenvalue weighted by Crippen LogP contribution is -2.55. The van der Waals surface area contributed by atoms with Gasteiger partial charge in [0.25, 0.3) is 5.91 Å². The quantitative estimate of drug-likeness (QED) is 0.283. The smallest absolute Gasteiger partial charge is 0.422 e. The minimum absolute atomic E-state index is 0.229. The number of hydrogen-bond acceptors (Lipinski definition) is 7. The van der Waals surface area contributed by atoms with Gasteiger partial charge in [0.1, 0.15) is 0 Å². The van der Waals surface area contributed by atoms with E-state index in [9.17, 15) is 9.59 Å². The summed E-state index contributed by atoms with van der Waals surface area (Å²) in [4.78, 5) is 28.9. The molecule has 3 aromatic carbocycles. The first kappa shape index (κ1) is 25.4. The summed E-state index contributed by atoms with van der Waals surface area (Å²) in [5.74, 6) is 0.0406. The first-order valence-electron chi connectivity index (χ1n) is 13.0. The van der Waals surface area contributed by atoms with Gasteiger partial charge in [0.2, 0.25) is 0 Å². The summed E-state index contributed by atoms with van der Waals surface area (Å²) in [6, 6.07) is 19.8. The third kappa shape index (κ3) is 4.63. The molecule has 3 heterocycles. The number of hydrogen-bond donors (Lipinski definition) is 4. The van der Waals surface area contributed by atoms with Crippen LogP contribution in [0.25, 0.3) is 10.9 Å². The van der Waals surface area contributed by atoms with Crippen molar-refractivity contribution < 1.29 is 14.3 Å². The Hall–Kier alpha value is -3.92. The highest BCUT2D eigenvalue weighted by molar-refractivity contribution is 6.31. The highest BCUT2D eigenvalue weighted by Gasteiger charge is 2.49. The Morgan fingerprint density at radius 1 is 1.21 bits per heavy atom. The van der Waals surface area contributed by atoms with E-state index < -0.39 is 23.6 Å². The van der Waals surface area contributed by atoms with Crippen LogP contribution in [0.15, 0.2) is 66.7 Å². The number of anilines is 2. The third-order valence-corrected chi connectivity index (χ3v) is 7.88. The third-order valence-electron chi connectivity index (χ3n) is 7.64. The predicted octanol–water partition coefficient (Wildman–Crippen LogP) is 4.43. The number of H-pyrrole nitrogens is 1. The maximum Gasteiger partial charge on any atom is 0.422 e. The van der Waals surface area contributed by atoms with E-state index in [1.807, 2.05) is 55.5 Å².